The molecule has 3 aromatic heterocycles. The summed E-state index contributed by atoms with van der Waals surface area (Å²) < 4.78 is 2.08. The fourth-order valence-corrected chi connectivity index (χ4v) is 3.53. The molecule has 0 radical (unpaired) electrons. The van der Waals surface area contributed by atoms with Crippen LogP contribution >= 0.6 is 0 Å². The van der Waals surface area contributed by atoms with Crippen LogP contribution in [0.3, 0.4) is 0 Å². The number of hydrogen-bond donors (Lipinski definition) is 1. The number of aryl methyl sites for hydroxylation is 1. The van der Waals surface area contributed by atoms with E-state index in [4.69, 9.17) is 0 Å². The first-order chi connectivity index (χ1) is 14.2. The molecule has 0 aliphatic rings. The Morgan fingerprint density at radius 1 is 1.00 bits per heavy atom. The van der Waals surface area contributed by atoms with E-state index in [1.165, 1.54) is 0 Å². The number of benzene rings is 2. The summed E-state index contributed by atoms with van der Waals surface area (Å²) in [6.45, 7) is 1.96. The lowest BCUT2D eigenvalue weighted by Gasteiger charge is -2.08. The number of nitrogens with zero attached hydrogens (tertiary/aromatic N) is 4. The molecule has 5 aromatic rings. The summed E-state index contributed by atoms with van der Waals surface area (Å²) in [7, 11) is 0. The molecule has 0 saturated carbocycles. The highest BCUT2D eigenvalue weighted by molar-refractivity contribution is 6.09. The summed E-state index contributed by atoms with van der Waals surface area (Å²) in [5.41, 5.74) is 3.29. The fraction of sp³-hybridized carbons (Fsp3) is 0.0435. The minimum Gasteiger partial charge on any atom is -0.306 e. The first kappa shape index (κ1) is 17.1. The van der Waals surface area contributed by atoms with Crippen LogP contribution in [-0.2, 0) is 0 Å². The van der Waals surface area contributed by atoms with E-state index in [0.717, 1.165) is 33.3 Å². The van der Waals surface area contributed by atoms with Crippen molar-refractivity contribution in [3.8, 4) is 5.69 Å². The van der Waals surface area contributed by atoms with E-state index in [1.54, 1.807) is 24.7 Å². The predicted molar refractivity (Wildman–Crippen MR) is 113 cm³/mol. The smallest absolute Gasteiger partial charge is 0.256 e. The maximum Gasteiger partial charge on any atom is 0.256 e. The summed E-state index contributed by atoms with van der Waals surface area (Å²) in [5, 5.41) is 4.66. The molecule has 29 heavy (non-hydrogen) atoms. The number of imidazole rings is 1. The quantitative estimate of drug-likeness (QED) is 0.500. The molecule has 0 aliphatic heterocycles. The van der Waals surface area contributed by atoms with Crippen molar-refractivity contribution in [2.45, 2.75) is 6.92 Å². The van der Waals surface area contributed by atoms with Crippen molar-refractivity contribution in [1.82, 2.24) is 19.5 Å². The molecule has 6 nitrogen and oxygen atoms in total. The number of nitrogens with one attached hydrogen (secondary N) is 1. The molecule has 0 fully saturated rings. The molecule has 0 unspecified atom stereocenters. The number of para-hydroxylation sites is 1. The van der Waals surface area contributed by atoms with Gasteiger partial charge in [0.15, 0.2) is 0 Å². The van der Waals surface area contributed by atoms with Crippen molar-refractivity contribution in [3.63, 3.8) is 0 Å². The Balaban J connectivity index is 1.51. The minimum absolute atomic E-state index is 0.234. The number of pyridine rings is 2. The predicted octanol–water partition coefficient (Wildman–Crippen LogP) is 4.53. The zero-order chi connectivity index (χ0) is 19.8. The SMILES string of the molecule is Cc1nc2cc(C(=O)Nc3nccc4ccncc34)ccc2n1-c1ccccc1. The Hall–Kier alpha value is -4.06. The third kappa shape index (κ3) is 3.00. The Bertz CT molecular complexity index is 1350. The second-order valence-electron chi connectivity index (χ2n) is 6.74. The van der Waals surface area contributed by atoms with Gasteiger partial charge in [0.25, 0.3) is 5.91 Å². The first-order valence-electron chi connectivity index (χ1n) is 9.25. The summed E-state index contributed by atoms with van der Waals surface area (Å²) in [4.78, 5) is 25.9. The van der Waals surface area contributed by atoms with Crippen LogP contribution in [0.25, 0.3) is 27.5 Å². The van der Waals surface area contributed by atoms with Gasteiger partial charge in [-0.15, -0.1) is 0 Å². The molecule has 2 aromatic carbocycles. The normalized spacial score (nSPS) is 11.1. The van der Waals surface area contributed by atoms with Crippen molar-refractivity contribution >= 4 is 33.5 Å². The molecule has 140 valence electrons. The summed E-state index contributed by atoms with van der Waals surface area (Å²) in [5.74, 6) is 1.12. The highest BCUT2D eigenvalue weighted by Crippen LogP contribution is 2.24. The third-order valence-electron chi connectivity index (χ3n) is 4.90. The number of anilines is 1. The maximum atomic E-state index is 12.9. The van der Waals surface area contributed by atoms with Gasteiger partial charge in [-0.25, -0.2) is 9.97 Å². The van der Waals surface area contributed by atoms with Gasteiger partial charge < -0.3 is 5.32 Å². The Morgan fingerprint density at radius 3 is 2.69 bits per heavy atom. The number of aromatic nitrogens is 4. The maximum absolute atomic E-state index is 12.9. The topological polar surface area (TPSA) is 72.7 Å². The van der Waals surface area contributed by atoms with Gasteiger partial charge in [0.05, 0.1) is 11.0 Å². The molecule has 0 saturated heterocycles. The van der Waals surface area contributed by atoms with Crippen molar-refractivity contribution < 1.29 is 4.79 Å². The second-order valence-corrected chi connectivity index (χ2v) is 6.74. The molecule has 1 amide bonds. The number of rotatable bonds is 3. The van der Waals surface area contributed by atoms with E-state index < -0.39 is 0 Å². The van der Waals surface area contributed by atoms with Gasteiger partial charge in [0.2, 0.25) is 0 Å². The molecule has 0 bridgehead atoms. The third-order valence-corrected chi connectivity index (χ3v) is 4.90. The first-order valence-corrected chi connectivity index (χ1v) is 9.25. The van der Waals surface area contributed by atoms with Gasteiger partial charge in [-0.3, -0.25) is 14.3 Å². The van der Waals surface area contributed by atoms with Crippen LogP contribution in [0.5, 0.6) is 0 Å². The van der Waals surface area contributed by atoms with Crippen LogP contribution in [0, 0.1) is 6.92 Å². The Kier molecular flexibility index (Phi) is 4.02. The number of fused-ring (bicyclic) bond motifs is 2. The number of carbonyl (C=O) groups is 1. The highest BCUT2D eigenvalue weighted by atomic mass is 16.1. The minimum atomic E-state index is -0.234. The molecular formula is C23H17N5O. The van der Waals surface area contributed by atoms with Crippen LogP contribution < -0.4 is 5.32 Å². The van der Waals surface area contributed by atoms with E-state index in [0.29, 0.717) is 11.4 Å². The van der Waals surface area contributed by atoms with Crippen LogP contribution in [-0.4, -0.2) is 25.4 Å². The largest absolute Gasteiger partial charge is 0.306 e. The van der Waals surface area contributed by atoms with Gasteiger partial charge in [-0.1, -0.05) is 18.2 Å². The molecule has 3 heterocycles. The van der Waals surface area contributed by atoms with Crippen LogP contribution in [0.4, 0.5) is 5.82 Å². The number of carbonyl (C=O) groups excluding carboxylic acids is 1. The van der Waals surface area contributed by atoms with Crippen molar-refractivity contribution in [2.24, 2.45) is 0 Å². The van der Waals surface area contributed by atoms with E-state index in [1.807, 2.05) is 61.5 Å². The fourth-order valence-electron chi connectivity index (χ4n) is 3.53. The second kappa shape index (κ2) is 6.83. The number of amides is 1. The van der Waals surface area contributed by atoms with Crippen LogP contribution in [0.1, 0.15) is 16.2 Å². The van der Waals surface area contributed by atoms with Gasteiger partial charge in [0, 0.05) is 35.2 Å². The van der Waals surface area contributed by atoms with E-state index in [2.05, 4.69) is 24.8 Å². The van der Waals surface area contributed by atoms with E-state index >= 15 is 0 Å². The van der Waals surface area contributed by atoms with E-state index in [-0.39, 0.29) is 5.91 Å². The van der Waals surface area contributed by atoms with Gasteiger partial charge in [0.1, 0.15) is 11.6 Å². The van der Waals surface area contributed by atoms with Crippen LogP contribution in [0.2, 0.25) is 0 Å². The van der Waals surface area contributed by atoms with Crippen molar-refractivity contribution in [2.75, 3.05) is 5.32 Å². The average Bonchev–Trinajstić information content (AvgIpc) is 3.09. The monoisotopic (exact) mass is 379 g/mol. The lowest BCUT2D eigenvalue weighted by Crippen LogP contribution is -2.13. The van der Waals surface area contributed by atoms with Gasteiger partial charge >= 0.3 is 0 Å². The molecule has 1 N–H and O–H groups in total. The summed E-state index contributed by atoms with van der Waals surface area (Å²) in [6.07, 6.45) is 5.09. The molecule has 0 aliphatic carbocycles. The molecule has 6 heteroatoms. The van der Waals surface area contributed by atoms with Gasteiger partial charge in [-0.2, -0.15) is 0 Å². The zero-order valence-electron chi connectivity index (χ0n) is 15.7. The lowest BCUT2D eigenvalue weighted by atomic mass is 10.1. The molecule has 0 spiro atoms. The molecule has 5 rings (SSSR count). The molecular weight excluding hydrogens is 362 g/mol. The summed E-state index contributed by atoms with van der Waals surface area (Å²) in [6, 6.07) is 19.4. The number of hydrogen-bond acceptors (Lipinski definition) is 4. The summed E-state index contributed by atoms with van der Waals surface area (Å²) >= 11 is 0. The zero-order valence-corrected chi connectivity index (χ0v) is 15.7. The van der Waals surface area contributed by atoms with Gasteiger partial charge in [-0.05, 0) is 54.8 Å². The lowest BCUT2D eigenvalue weighted by molar-refractivity contribution is 0.102. The van der Waals surface area contributed by atoms with Crippen molar-refractivity contribution in [1.29, 1.82) is 0 Å². The van der Waals surface area contributed by atoms with E-state index in [9.17, 15) is 4.79 Å². The highest BCUT2D eigenvalue weighted by Gasteiger charge is 2.14. The standard InChI is InChI=1S/C23H17N5O/c1-15-26-20-13-17(7-8-21(20)28(15)18-5-3-2-4-6-18)23(29)27-22-19-14-24-11-9-16(19)10-12-25-22/h2-14H,1H3,(H,25,27,29). The Morgan fingerprint density at radius 2 is 1.83 bits per heavy atom. The van der Waals surface area contributed by atoms with Crippen LogP contribution in [0.15, 0.2) is 79.3 Å². The Labute approximate surface area is 166 Å². The van der Waals surface area contributed by atoms with Crippen molar-refractivity contribution in [3.05, 3.63) is 90.6 Å². The average molecular weight is 379 g/mol. The molecule has 0 atom stereocenters.